The van der Waals surface area contributed by atoms with Gasteiger partial charge in [0.25, 0.3) is 0 Å². The predicted molar refractivity (Wildman–Crippen MR) is 223 cm³/mol. The Kier molecular flexibility index (Phi) is 8.41. The number of anilines is 6. The lowest BCUT2D eigenvalue weighted by Gasteiger charge is -2.31. The van der Waals surface area contributed by atoms with Crippen molar-refractivity contribution in [1.29, 1.82) is 0 Å². The first kappa shape index (κ1) is 32.2. The van der Waals surface area contributed by atoms with E-state index in [1.165, 1.54) is 60.4 Å². The van der Waals surface area contributed by atoms with Crippen molar-refractivity contribution in [3.05, 3.63) is 186 Å². The summed E-state index contributed by atoms with van der Waals surface area (Å²) in [5.41, 5.74) is 15.3. The minimum atomic E-state index is 1.09. The molecule has 0 fully saturated rings. The summed E-state index contributed by atoms with van der Waals surface area (Å²) in [6.45, 7) is 8.58. The quantitative estimate of drug-likeness (QED) is 0.124. The summed E-state index contributed by atoms with van der Waals surface area (Å²) in [5.74, 6) is 0. The first-order chi connectivity index (χ1) is 24.8. The molecule has 0 aromatic heterocycles. The Morgan fingerprint density at radius 3 is 0.941 bits per heavy atom. The fourth-order valence-electron chi connectivity index (χ4n) is 7.32. The number of rotatable bonds is 7. The van der Waals surface area contributed by atoms with Crippen molar-refractivity contribution in [1.82, 2.24) is 0 Å². The summed E-state index contributed by atoms with van der Waals surface area (Å²) in [6, 6.07) is 60.3. The Balaban J connectivity index is 1.48. The summed E-state index contributed by atoms with van der Waals surface area (Å²) in [6.07, 6.45) is 0. The van der Waals surface area contributed by atoms with E-state index in [9.17, 15) is 0 Å². The van der Waals surface area contributed by atoms with Gasteiger partial charge in [0.15, 0.2) is 0 Å². The fourth-order valence-corrected chi connectivity index (χ4v) is 7.32. The molecule has 0 aliphatic rings. The zero-order valence-electron chi connectivity index (χ0n) is 30.0. The summed E-state index contributed by atoms with van der Waals surface area (Å²) >= 11 is 0. The van der Waals surface area contributed by atoms with Crippen LogP contribution in [0, 0.1) is 27.7 Å². The maximum atomic E-state index is 2.40. The van der Waals surface area contributed by atoms with Crippen LogP contribution in [0.15, 0.2) is 164 Å². The number of hydrogen-bond donors (Lipinski definition) is 0. The van der Waals surface area contributed by atoms with Crippen LogP contribution >= 0.6 is 0 Å². The molecule has 246 valence electrons. The van der Waals surface area contributed by atoms with Gasteiger partial charge in [-0.2, -0.15) is 0 Å². The van der Waals surface area contributed by atoms with Crippen molar-refractivity contribution in [3.63, 3.8) is 0 Å². The van der Waals surface area contributed by atoms with Crippen LogP contribution < -0.4 is 15.3 Å². The molecule has 0 N–H and O–H groups in total. The molecule has 0 saturated carbocycles. The lowest BCUT2D eigenvalue weighted by atomic mass is 9.81. The topological polar surface area (TPSA) is 6.48 Å². The number of hydrogen-bond acceptors (Lipinski definition) is 2. The molecule has 0 saturated heterocycles. The molecular formula is C48H41BN2. The second kappa shape index (κ2) is 13.3. The van der Waals surface area contributed by atoms with Gasteiger partial charge in [-0.25, -0.2) is 0 Å². The van der Waals surface area contributed by atoms with Gasteiger partial charge in [-0.15, -0.1) is 0 Å². The van der Waals surface area contributed by atoms with E-state index in [4.69, 9.17) is 0 Å². The lowest BCUT2D eigenvalue weighted by molar-refractivity contribution is 1.24. The molecule has 0 heterocycles. The van der Waals surface area contributed by atoms with E-state index in [-0.39, 0.29) is 0 Å². The number of nitrogens with zero attached hydrogens (tertiary/aromatic N) is 2. The SMILES string of the molecule is Bc1c2ccccc2c(-c2cc(N(c3ccc(C)cc3)c3ccc(C)cc3)cc(N(c3ccc(C)cc3)c3ccc(C)cc3)c2)c2ccccc12. The third kappa shape index (κ3) is 6.17. The van der Waals surface area contributed by atoms with E-state index in [0.717, 1.165) is 34.1 Å². The Hall–Kier alpha value is -6.06. The zero-order chi connectivity index (χ0) is 35.1. The molecule has 0 unspecified atom stereocenters. The first-order valence-corrected chi connectivity index (χ1v) is 17.8. The van der Waals surface area contributed by atoms with Crippen molar-refractivity contribution < 1.29 is 0 Å². The molecule has 8 aromatic carbocycles. The largest absolute Gasteiger partial charge is 0.310 e. The first-order valence-electron chi connectivity index (χ1n) is 17.8. The van der Waals surface area contributed by atoms with Gasteiger partial charge < -0.3 is 9.80 Å². The molecule has 0 aliphatic carbocycles. The third-order valence-corrected chi connectivity index (χ3v) is 10.1. The summed E-state index contributed by atoms with van der Waals surface area (Å²) in [4.78, 5) is 4.79. The fraction of sp³-hybridized carbons (Fsp3) is 0.0833. The highest BCUT2D eigenvalue weighted by Gasteiger charge is 2.21. The van der Waals surface area contributed by atoms with Crippen LogP contribution in [0.3, 0.4) is 0 Å². The average Bonchev–Trinajstić information content (AvgIpc) is 3.15. The van der Waals surface area contributed by atoms with Gasteiger partial charge in [0, 0.05) is 34.1 Å². The standard InChI is InChI=1S/C48H41BN2/c1-32-13-21-37(22-14-32)50(38-23-15-33(2)16-24-38)41-29-36(47-43-9-5-7-11-45(43)48(49)46-12-8-6-10-44(46)47)30-42(31-41)51(39-25-17-34(3)18-26-39)40-27-19-35(4)20-28-40/h5-31H,49H2,1-4H3. The molecule has 0 amide bonds. The molecule has 0 atom stereocenters. The van der Waals surface area contributed by atoms with Gasteiger partial charge in [-0.3, -0.25) is 0 Å². The second-order valence-electron chi connectivity index (χ2n) is 13.8. The third-order valence-electron chi connectivity index (χ3n) is 10.1. The van der Waals surface area contributed by atoms with Crippen molar-refractivity contribution in [2.45, 2.75) is 27.7 Å². The highest BCUT2D eigenvalue weighted by molar-refractivity contribution is 6.46. The van der Waals surface area contributed by atoms with Crippen LogP contribution in [0.4, 0.5) is 34.1 Å². The maximum absolute atomic E-state index is 2.40. The Morgan fingerprint density at radius 2 is 0.627 bits per heavy atom. The molecule has 0 bridgehead atoms. The van der Waals surface area contributed by atoms with Crippen LogP contribution in [0.1, 0.15) is 22.3 Å². The Labute approximate surface area is 302 Å². The van der Waals surface area contributed by atoms with E-state index >= 15 is 0 Å². The number of benzene rings is 8. The molecule has 0 spiro atoms. The highest BCUT2D eigenvalue weighted by Crippen LogP contribution is 2.45. The molecule has 0 aliphatic heterocycles. The van der Waals surface area contributed by atoms with Crippen molar-refractivity contribution in [2.75, 3.05) is 9.80 Å². The molecule has 2 nitrogen and oxygen atoms in total. The maximum Gasteiger partial charge on any atom is 0.140 e. The number of aryl methyl sites for hydroxylation is 4. The predicted octanol–water partition coefficient (Wildman–Crippen LogP) is 12.1. The molecular weight excluding hydrogens is 615 g/mol. The monoisotopic (exact) mass is 656 g/mol. The van der Waals surface area contributed by atoms with Gasteiger partial charge in [0.05, 0.1) is 0 Å². The van der Waals surface area contributed by atoms with E-state index in [1.54, 1.807) is 0 Å². The minimum Gasteiger partial charge on any atom is -0.310 e. The van der Waals surface area contributed by atoms with Gasteiger partial charge >= 0.3 is 0 Å². The van der Waals surface area contributed by atoms with Gasteiger partial charge in [0.2, 0.25) is 0 Å². The zero-order valence-corrected chi connectivity index (χ0v) is 30.0. The normalized spacial score (nSPS) is 11.2. The van der Waals surface area contributed by atoms with Gasteiger partial charge in [-0.05, 0) is 127 Å². The Morgan fingerprint density at radius 1 is 0.333 bits per heavy atom. The average molecular weight is 657 g/mol. The summed E-state index contributed by atoms with van der Waals surface area (Å²) < 4.78 is 0. The summed E-state index contributed by atoms with van der Waals surface area (Å²) in [5, 5.41) is 5.07. The van der Waals surface area contributed by atoms with Gasteiger partial charge in [0.1, 0.15) is 7.85 Å². The Bertz CT molecular complexity index is 2240. The van der Waals surface area contributed by atoms with Crippen LogP contribution in [-0.4, -0.2) is 7.85 Å². The lowest BCUT2D eigenvalue weighted by Crippen LogP contribution is -2.14. The molecule has 3 heteroatoms. The smallest absolute Gasteiger partial charge is 0.140 e. The highest BCUT2D eigenvalue weighted by atomic mass is 15.2. The van der Waals surface area contributed by atoms with E-state index in [1.807, 2.05) is 0 Å². The summed E-state index contributed by atoms with van der Waals surface area (Å²) in [7, 11) is 2.25. The minimum absolute atomic E-state index is 1.09. The van der Waals surface area contributed by atoms with Gasteiger partial charge in [-0.1, -0.05) is 125 Å². The van der Waals surface area contributed by atoms with E-state index in [0.29, 0.717) is 0 Å². The second-order valence-corrected chi connectivity index (χ2v) is 13.8. The van der Waals surface area contributed by atoms with Crippen LogP contribution in [0.25, 0.3) is 32.7 Å². The van der Waals surface area contributed by atoms with Crippen LogP contribution in [-0.2, 0) is 0 Å². The van der Waals surface area contributed by atoms with E-state index < -0.39 is 0 Å². The van der Waals surface area contributed by atoms with E-state index in [2.05, 4.69) is 209 Å². The van der Waals surface area contributed by atoms with Crippen LogP contribution in [0.5, 0.6) is 0 Å². The van der Waals surface area contributed by atoms with Crippen molar-refractivity contribution >= 4 is 69.0 Å². The molecule has 51 heavy (non-hydrogen) atoms. The number of fused-ring (bicyclic) bond motifs is 2. The molecule has 8 rings (SSSR count). The molecule has 8 aromatic rings. The molecule has 0 radical (unpaired) electrons. The van der Waals surface area contributed by atoms with Crippen LogP contribution in [0.2, 0.25) is 0 Å². The van der Waals surface area contributed by atoms with Crippen molar-refractivity contribution in [3.8, 4) is 11.1 Å². The van der Waals surface area contributed by atoms with Crippen molar-refractivity contribution in [2.24, 2.45) is 0 Å².